The zero-order valence-electron chi connectivity index (χ0n) is 8.33. The van der Waals surface area contributed by atoms with Gasteiger partial charge in [-0.15, -0.1) is 0 Å². The Morgan fingerprint density at radius 1 is 1.21 bits per heavy atom. The second-order valence-corrected chi connectivity index (χ2v) is 3.68. The number of rotatable bonds is 6. The lowest BCUT2D eigenvalue weighted by atomic mass is 10.1. The van der Waals surface area contributed by atoms with E-state index in [2.05, 4.69) is 22.0 Å². The van der Waals surface area contributed by atoms with Gasteiger partial charge in [0.2, 0.25) is 0 Å². The van der Waals surface area contributed by atoms with Gasteiger partial charge >= 0.3 is 0 Å². The van der Waals surface area contributed by atoms with Crippen LogP contribution in [0.15, 0.2) is 24.3 Å². The van der Waals surface area contributed by atoms with Crippen molar-refractivity contribution in [2.75, 3.05) is 25.7 Å². The second kappa shape index (κ2) is 6.85. The highest BCUT2D eigenvalue weighted by Crippen LogP contribution is 2.18. The molecule has 0 atom stereocenters. The molecule has 0 aliphatic carbocycles. The minimum Gasteiger partial charge on any atom is -0.491 e. The van der Waals surface area contributed by atoms with Crippen LogP contribution in [0.25, 0.3) is 0 Å². The van der Waals surface area contributed by atoms with Gasteiger partial charge in [-0.3, -0.25) is 0 Å². The minimum absolute atomic E-state index is 0.607. The van der Waals surface area contributed by atoms with E-state index in [1.807, 2.05) is 18.2 Å². The van der Waals surface area contributed by atoms with Crippen molar-refractivity contribution in [2.45, 2.75) is 6.42 Å². The van der Waals surface area contributed by atoms with E-state index in [4.69, 9.17) is 9.47 Å². The SMILES string of the molecule is COCCOc1ccccc1CCBr. The van der Waals surface area contributed by atoms with Crippen LogP contribution in [0.3, 0.4) is 0 Å². The third kappa shape index (κ3) is 3.68. The monoisotopic (exact) mass is 258 g/mol. The molecule has 3 heteroatoms. The first-order chi connectivity index (χ1) is 6.88. The molecule has 14 heavy (non-hydrogen) atoms. The van der Waals surface area contributed by atoms with Crippen molar-refractivity contribution in [1.82, 2.24) is 0 Å². The summed E-state index contributed by atoms with van der Waals surface area (Å²) in [4.78, 5) is 0. The lowest BCUT2D eigenvalue weighted by Gasteiger charge is -2.09. The molecule has 0 heterocycles. The average Bonchev–Trinajstić information content (AvgIpc) is 2.21. The Balaban J connectivity index is 2.55. The molecule has 0 unspecified atom stereocenters. The van der Waals surface area contributed by atoms with Crippen molar-refractivity contribution in [1.29, 1.82) is 0 Å². The van der Waals surface area contributed by atoms with Crippen LogP contribution in [0.5, 0.6) is 5.75 Å². The molecule has 0 aliphatic heterocycles. The van der Waals surface area contributed by atoms with Gasteiger partial charge < -0.3 is 9.47 Å². The topological polar surface area (TPSA) is 18.5 Å². The maximum atomic E-state index is 5.58. The molecule has 0 radical (unpaired) electrons. The van der Waals surface area contributed by atoms with Gasteiger partial charge in [0.25, 0.3) is 0 Å². The Bertz CT molecular complexity index is 263. The van der Waals surface area contributed by atoms with Crippen molar-refractivity contribution < 1.29 is 9.47 Å². The smallest absolute Gasteiger partial charge is 0.122 e. The standard InChI is InChI=1S/C11H15BrO2/c1-13-8-9-14-11-5-3-2-4-10(11)6-7-12/h2-5H,6-9H2,1H3. The lowest BCUT2D eigenvalue weighted by Crippen LogP contribution is -2.06. The normalized spacial score (nSPS) is 10.1. The molecule has 2 nitrogen and oxygen atoms in total. The third-order valence-corrected chi connectivity index (χ3v) is 2.28. The van der Waals surface area contributed by atoms with E-state index in [1.54, 1.807) is 7.11 Å². The number of aryl methyl sites for hydroxylation is 1. The number of halogens is 1. The van der Waals surface area contributed by atoms with E-state index in [0.717, 1.165) is 17.5 Å². The number of hydrogen-bond donors (Lipinski definition) is 0. The molecule has 1 aromatic carbocycles. The summed E-state index contributed by atoms with van der Waals surface area (Å²) in [6.45, 7) is 1.23. The number of hydrogen-bond acceptors (Lipinski definition) is 2. The van der Waals surface area contributed by atoms with E-state index < -0.39 is 0 Å². The first kappa shape index (κ1) is 11.5. The van der Waals surface area contributed by atoms with Gasteiger partial charge in [-0.2, -0.15) is 0 Å². The summed E-state index contributed by atoms with van der Waals surface area (Å²) in [5, 5.41) is 0.956. The van der Waals surface area contributed by atoms with Crippen LogP contribution >= 0.6 is 15.9 Å². The van der Waals surface area contributed by atoms with Gasteiger partial charge in [0, 0.05) is 12.4 Å². The average molecular weight is 259 g/mol. The summed E-state index contributed by atoms with van der Waals surface area (Å²) >= 11 is 3.42. The van der Waals surface area contributed by atoms with Crippen molar-refractivity contribution in [3.8, 4) is 5.75 Å². The van der Waals surface area contributed by atoms with Crippen LogP contribution in [0.2, 0.25) is 0 Å². The van der Waals surface area contributed by atoms with Crippen LogP contribution in [-0.2, 0) is 11.2 Å². The molecule has 0 fully saturated rings. The van der Waals surface area contributed by atoms with Crippen LogP contribution in [0.1, 0.15) is 5.56 Å². The van der Waals surface area contributed by atoms with Crippen LogP contribution < -0.4 is 4.74 Å². The molecule has 0 aliphatic rings. The van der Waals surface area contributed by atoms with Crippen molar-refractivity contribution in [2.24, 2.45) is 0 Å². The van der Waals surface area contributed by atoms with Gasteiger partial charge in [-0.25, -0.2) is 0 Å². The Hall–Kier alpha value is -0.540. The van der Waals surface area contributed by atoms with Crippen LogP contribution in [0.4, 0.5) is 0 Å². The Kier molecular flexibility index (Phi) is 5.64. The van der Waals surface area contributed by atoms with Gasteiger partial charge in [0.05, 0.1) is 6.61 Å². The van der Waals surface area contributed by atoms with Crippen molar-refractivity contribution >= 4 is 15.9 Å². The second-order valence-electron chi connectivity index (χ2n) is 2.89. The largest absolute Gasteiger partial charge is 0.491 e. The molecule has 1 rings (SSSR count). The summed E-state index contributed by atoms with van der Waals surface area (Å²) in [6, 6.07) is 8.10. The molecule has 1 aromatic rings. The fourth-order valence-electron chi connectivity index (χ4n) is 1.19. The summed E-state index contributed by atoms with van der Waals surface area (Å²) < 4.78 is 10.5. The minimum atomic E-state index is 0.607. The van der Waals surface area contributed by atoms with Gasteiger partial charge in [-0.1, -0.05) is 34.1 Å². The molecule has 0 saturated carbocycles. The Morgan fingerprint density at radius 3 is 2.71 bits per heavy atom. The summed E-state index contributed by atoms with van der Waals surface area (Å²) in [5.41, 5.74) is 1.24. The van der Waals surface area contributed by atoms with E-state index >= 15 is 0 Å². The fourth-order valence-corrected chi connectivity index (χ4v) is 1.62. The quantitative estimate of drug-likeness (QED) is 0.577. The predicted molar refractivity (Wildman–Crippen MR) is 61.3 cm³/mol. The molecule has 0 spiro atoms. The van der Waals surface area contributed by atoms with Crippen molar-refractivity contribution in [3.05, 3.63) is 29.8 Å². The lowest BCUT2D eigenvalue weighted by molar-refractivity contribution is 0.146. The first-order valence-corrected chi connectivity index (χ1v) is 5.76. The Labute approximate surface area is 93.4 Å². The Morgan fingerprint density at radius 2 is 2.00 bits per heavy atom. The highest BCUT2D eigenvalue weighted by Gasteiger charge is 2.01. The first-order valence-electron chi connectivity index (χ1n) is 4.64. The highest BCUT2D eigenvalue weighted by atomic mass is 79.9. The van der Waals surface area contributed by atoms with Gasteiger partial charge in [0.1, 0.15) is 12.4 Å². The molecule has 0 aromatic heterocycles. The van der Waals surface area contributed by atoms with E-state index in [9.17, 15) is 0 Å². The molecule has 0 saturated heterocycles. The molecule has 78 valence electrons. The molecule has 0 N–H and O–H groups in total. The van der Waals surface area contributed by atoms with Crippen LogP contribution in [0, 0.1) is 0 Å². The molecular formula is C11H15BrO2. The summed E-state index contributed by atoms with van der Waals surface area (Å²) in [7, 11) is 1.67. The maximum Gasteiger partial charge on any atom is 0.122 e. The summed E-state index contributed by atoms with van der Waals surface area (Å²) in [6.07, 6.45) is 0.989. The number of para-hydroxylation sites is 1. The third-order valence-electron chi connectivity index (χ3n) is 1.88. The van der Waals surface area contributed by atoms with E-state index in [1.165, 1.54) is 5.56 Å². The zero-order valence-corrected chi connectivity index (χ0v) is 9.92. The zero-order chi connectivity index (χ0) is 10.2. The number of alkyl halides is 1. The van der Waals surface area contributed by atoms with Gasteiger partial charge in [0.15, 0.2) is 0 Å². The predicted octanol–water partition coefficient (Wildman–Crippen LogP) is 2.65. The van der Waals surface area contributed by atoms with E-state index in [-0.39, 0.29) is 0 Å². The van der Waals surface area contributed by atoms with E-state index in [0.29, 0.717) is 13.2 Å². The molecule has 0 amide bonds. The summed E-state index contributed by atoms with van der Waals surface area (Å²) in [5.74, 6) is 0.962. The van der Waals surface area contributed by atoms with Gasteiger partial charge in [-0.05, 0) is 18.1 Å². The van der Waals surface area contributed by atoms with Crippen LogP contribution in [-0.4, -0.2) is 25.7 Å². The number of benzene rings is 1. The molecule has 0 bridgehead atoms. The van der Waals surface area contributed by atoms with Crippen molar-refractivity contribution in [3.63, 3.8) is 0 Å². The highest BCUT2D eigenvalue weighted by molar-refractivity contribution is 9.09. The molecular weight excluding hydrogens is 244 g/mol. The fraction of sp³-hybridized carbons (Fsp3) is 0.455. The number of ether oxygens (including phenoxy) is 2. The number of methoxy groups -OCH3 is 1. The maximum absolute atomic E-state index is 5.58.